The van der Waals surface area contributed by atoms with E-state index in [-0.39, 0.29) is 24.5 Å². The number of rotatable bonds is 8. The van der Waals surface area contributed by atoms with Gasteiger partial charge in [-0.25, -0.2) is 0 Å². The van der Waals surface area contributed by atoms with Gasteiger partial charge in [-0.1, -0.05) is 23.7 Å². The summed E-state index contributed by atoms with van der Waals surface area (Å²) in [6.07, 6.45) is 0.872. The summed E-state index contributed by atoms with van der Waals surface area (Å²) in [6, 6.07) is 10.3. The van der Waals surface area contributed by atoms with Gasteiger partial charge in [0.05, 0.1) is 9.21 Å². The first-order valence-corrected chi connectivity index (χ1v) is 8.59. The van der Waals surface area contributed by atoms with Crippen LogP contribution in [0.3, 0.4) is 0 Å². The molecule has 0 aliphatic carbocycles. The van der Waals surface area contributed by atoms with E-state index in [1.165, 1.54) is 11.3 Å². The van der Waals surface area contributed by atoms with Gasteiger partial charge in [-0.3, -0.25) is 14.4 Å². The first-order valence-electron chi connectivity index (χ1n) is 7.39. The molecule has 0 radical (unpaired) electrons. The largest absolute Gasteiger partial charge is 0.366 e. The van der Waals surface area contributed by atoms with Crippen LogP contribution >= 0.6 is 22.9 Å². The number of nitrogens with two attached hydrogens (primary N) is 1. The predicted molar refractivity (Wildman–Crippen MR) is 94.6 cm³/mol. The summed E-state index contributed by atoms with van der Waals surface area (Å²) in [6.45, 7) is 0.431. The molecule has 0 fully saturated rings. The Morgan fingerprint density at radius 3 is 2.58 bits per heavy atom. The van der Waals surface area contributed by atoms with E-state index in [2.05, 4.69) is 5.32 Å². The van der Waals surface area contributed by atoms with Gasteiger partial charge in [-0.15, -0.1) is 11.3 Å². The highest BCUT2D eigenvalue weighted by Gasteiger charge is 2.11. The summed E-state index contributed by atoms with van der Waals surface area (Å²) in [5.41, 5.74) is 6.59. The van der Waals surface area contributed by atoms with Crippen LogP contribution < -0.4 is 11.1 Å². The lowest BCUT2D eigenvalue weighted by atomic mass is 10.1. The molecular weight excluding hydrogens is 348 g/mol. The predicted octanol–water partition coefficient (Wildman–Crippen LogP) is 2.82. The van der Waals surface area contributed by atoms with Gasteiger partial charge in [0.25, 0.3) is 0 Å². The summed E-state index contributed by atoms with van der Waals surface area (Å²) in [4.78, 5) is 35.4. The van der Waals surface area contributed by atoms with Crippen molar-refractivity contribution in [3.63, 3.8) is 0 Å². The molecule has 5 nitrogen and oxygen atoms in total. The quantitative estimate of drug-likeness (QED) is 0.706. The Balaban J connectivity index is 1.72. The third-order valence-electron chi connectivity index (χ3n) is 3.37. The van der Waals surface area contributed by atoms with Crippen molar-refractivity contribution in [3.05, 3.63) is 56.7 Å². The number of benzene rings is 1. The van der Waals surface area contributed by atoms with Crippen molar-refractivity contribution >= 4 is 40.5 Å². The molecule has 0 aliphatic rings. The fraction of sp³-hybridized carbons (Fsp3) is 0.235. The molecule has 3 N–H and O–H groups in total. The zero-order valence-corrected chi connectivity index (χ0v) is 14.5. The molecule has 1 heterocycles. The van der Waals surface area contributed by atoms with Gasteiger partial charge in [-0.05, 0) is 36.2 Å². The van der Waals surface area contributed by atoms with Crippen molar-refractivity contribution in [1.29, 1.82) is 0 Å². The smallest absolute Gasteiger partial charge is 0.248 e. The third kappa shape index (κ3) is 5.47. The molecule has 2 rings (SSSR count). The van der Waals surface area contributed by atoms with Gasteiger partial charge in [0.2, 0.25) is 11.8 Å². The normalized spacial score (nSPS) is 10.4. The highest BCUT2D eigenvalue weighted by Crippen LogP contribution is 2.22. The molecule has 0 unspecified atom stereocenters. The Morgan fingerprint density at radius 2 is 1.92 bits per heavy atom. The number of primary amides is 1. The van der Waals surface area contributed by atoms with E-state index < -0.39 is 5.91 Å². The lowest BCUT2D eigenvalue weighted by Gasteiger charge is -2.06. The van der Waals surface area contributed by atoms with Gasteiger partial charge in [-0.2, -0.15) is 0 Å². The molecule has 2 aromatic rings. The Bertz CT molecular complexity index is 758. The van der Waals surface area contributed by atoms with Gasteiger partial charge in [0, 0.05) is 24.9 Å². The number of hydrogen-bond donors (Lipinski definition) is 2. The molecule has 0 saturated heterocycles. The number of Topliss-reactive ketones (excluding diaryl/α,β-unsaturated/α-hetero) is 1. The number of amides is 2. The Morgan fingerprint density at radius 1 is 1.12 bits per heavy atom. The fourth-order valence-corrected chi connectivity index (χ4v) is 3.14. The average molecular weight is 365 g/mol. The Hall–Kier alpha value is -2.18. The number of carbonyl (C=O) groups is 3. The fourth-order valence-electron chi connectivity index (χ4n) is 2.13. The van der Waals surface area contributed by atoms with Crippen molar-refractivity contribution in [2.75, 3.05) is 6.54 Å². The summed E-state index contributed by atoms with van der Waals surface area (Å²) in [5.74, 6) is -0.749. The molecule has 0 atom stereocenters. The second-order valence-corrected chi connectivity index (χ2v) is 6.91. The number of thiophene rings is 1. The van der Waals surface area contributed by atoms with E-state index in [4.69, 9.17) is 17.3 Å². The lowest BCUT2D eigenvalue weighted by molar-refractivity contribution is -0.121. The van der Waals surface area contributed by atoms with Gasteiger partial charge >= 0.3 is 0 Å². The maximum absolute atomic E-state index is 11.9. The van der Waals surface area contributed by atoms with E-state index in [1.807, 2.05) is 6.07 Å². The minimum absolute atomic E-state index is 0.0868. The Labute approximate surface area is 148 Å². The summed E-state index contributed by atoms with van der Waals surface area (Å²) in [7, 11) is 0. The number of halogens is 1. The van der Waals surface area contributed by atoms with Gasteiger partial charge in [0.15, 0.2) is 5.78 Å². The molecule has 1 aromatic carbocycles. The standard InChI is InChI=1S/C17H17ClN2O3S/c18-15-6-5-14(24-15)13(21)4-7-16(22)20-9-8-11-2-1-3-12(10-11)17(19)23/h1-3,5-6,10H,4,7-9H2,(H2,19,23)(H,20,22). The zero-order valence-electron chi connectivity index (χ0n) is 12.9. The van der Waals surface area contributed by atoms with Crippen LogP contribution in [0, 0.1) is 0 Å². The van der Waals surface area contributed by atoms with Crippen molar-refractivity contribution in [2.24, 2.45) is 5.73 Å². The van der Waals surface area contributed by atoms with Crippen LogP contribution in [0.15, 0.2) is 36.4 Å². The molecule has 1 aromatic heterocycles. The number of ketones is 1. The maximum atomic E-state index is 11.9. The summed E-state index contributed by atoms with van der Waals surface area (Å²) >= 11 is 7.00. The first kappa shape index (κ1) is 18.2. The topological polar surface area (TPSA) is 89.3 Å². The number of nitrogens with one attached hydrogen (secondary N) is 1. The van der Waals surface area contributed by atoms with E-state index in [1.54, 1.807) is 30.3 Å². The van der Waals surface area contributed by atoms with E-state index >= 15 is 0 Å². The first-order chi connectivity index (χ1) is 11.5. The van der Waals surface area contributed by atoms with Crippen molar-refractivity contribution in [3.8, 4) is 0 Å². The summed E-state index contributed by atoms with van der Waals surface area (Å²) in [5, 5.41) is 2.76. The maximum Gasteiger partial charge on any atom is 0.248 e. The summed E-state index contributed by atoms with van der Waals surface area (Å²) < 4.78 is 0.556. The van der Waals surface area contributed by atoms with Crippen molar-refractivity contribution < 1.29 is 14.4 Å². The molecular formula is C17H17ClN2O3S. The third-order valence-corrected chi connectivity index (χ3v) is 4.65. The van der Waals surface area contributed by atoms with Crippen molar-refractivity contribution in [2.45, 2.75) is 19.3 Å². The Kier molecular flexibility index (Phi) is 6.52. The molecule has 126 valence electrons. The zero-order chi connectivity index (χ0) is 17.5. The minimum Gasteiger partial charge on any atom is -0.366 e. The van der Waals surface area contributed by atoms with Crippen LogP contribution in [-0.2, 0) is 11.2 Å². The monoisotopic (exact) mass is 364 g/mol. The molecule has 0 aliphatic heterocycles. The van der Waals surface area contributed by atoms with E-state index in [9.17, 15) is 14.4 Å². The second kappa shape index (κ2) is 8.61. The van der Waals surface area contributed by atoms with Crippen LogP contribution in [0.25, 0.3) is 0 Å². The molecule has 2 amide bonds. The molecule has 7 heteroatoms. The van der Waals surface area contributed by atoms with Crippen LogP contribution in [0.5, 0.6) is 0 Å². The highest BCUT2D eigenvalue weighted by molar-refractivity contribution is 7.18. The van der Waals surface area contributed by atoms with Crippen molar-refractivity contribution in [1.82, 2.24) is 5.32 Å². The van der Waals surface area contributed by atoms with Crippen LogP contribution in [-0.4, -0.2) is 24.1 Å². The SMILES string of the molecule is NC(=O)c1cccc(CCNC(=O)CCC(=O)c2ccc(Cl)s2)c1. The van der Waals surface area contributed by atoms with E-state index in [0.29, 0.717) is 27.7 Å². The highest BCUT2D eigenvalue weighted by atomic mass is 35.5. The van der Waals surface area contributed by atoms with Gasteiger partial charge in [0.1, 0.15) is 0 Å². The second-order valence-electron chi connectivity index (χ2n) is 5.19. The van der Waals surface area contributed by atoms with Crippen LogP contribution in [0.2, 0.25) is 4.34 Å². The lowest BCUT2D eigenvalue weighted by Crippen LogP contribution is -2.26. The van der Waals surface area contributed by atoms with Crippen LogP contribution in [0.1, 0.15) is 38.4 Å². The molecule has 0 bridgehead atoms. The minimum atomic E-state index is -0.479. The molecule has 0 saturated carbocycles. The number of carbonyl (C=O) groups excluding carboxylic acids is 3. The van der Waals surface area contributed by atoms with Crippen LogP contribution in [0.4, 0.5) is 0 Å². The van der Waals surface area contributed by atoms with E-state index in [0.717, 1.165) is 5.56 Å². The molecule has 24 heavy (non-hydrogen) atoms. The van der Waals surface area contributed by atoms with Gasteiger partial charge < -0.3 is 11.1 Å². The molecule has 0 spiro atoms. The number of hydrogen-bond acceptors (Lipinski definition) is 4. The average Bonchev–Trinajstić information content (AvgIpc) is 2.99.